The lowest BCUT2D eigenvalue weighted by atomic mass is 9.93. The minimum atomic E-state index is -4.53. The minimum absolute atomic E-state index is 0.0990. The summed E-state index contributed by atoms with van der Waals surface area (Å²) in [5.41, 5.74) is 8.12. The first-order valence-electron chi connectivity index (χ1n) is 34.5. The molecule has 0 bridgehead atoms. The van der Waals surface area contributed by atoms with Crippen LogP contribution in [0.4, 0.5) is 26.3 Å². The van der Waals surface area contributed by atoms with Gasteiger partial charge >= 0.3 is 12.4 Å². The Bertz CT molecular complexity index is 3910. The zero-order chi connectivity index (χ0) is 69.7. The first kappa shape index (κ1) is 72.9. The van der Waals surface area contributed by atoms with Crippen molar-refractivity contribution in [1.82, 2.24) is 29.4 Å². The van der Waals surface area contributed by atoms with Crippen LogP contribution in [0.1, 0.15) is 130 Å². The summed E-state index contributed by atoms with van der Waals surface area (Å²) in [4.78, 5) is 73.2. The largest absolute Gasteiger partial charge is 0.472 e. The van der Waals surface area contributed by atoms with Crippen molar-refractivity contribution in [2.24, 2.45) is 0 Å². The van der Waals surface area contributed by atoms with E-state index in [4.69, 9.17) is 4.42 Å². The van der Waals surface area contributed by atoms with Gasteiger partial charge in [-0.05, 0) is 142 Å². The van der Waals surface area contributed by atoms with Gasteiger partial charge in [-0.2, -0.15) is 26.3 Å². The molecule has 0 radical (unpaired) electrons. The molecule has 2 aliphatic heterocycles. The number of benzene rings is 6. The molecule has 0 unspecified atom stereocenters. The van der Waals surface area contributed by atoms with Crippen LogP contribution in [-0.4, -0.2) is 117 Å². The van der Waals surface area contributed by atoms with Crippen LogP contribution in [-0.2, 0) is 89.8 Å². The predicted octanol–water partition coefficient (Wildman–Crippen LogP) is 16.4. The minimum Gasteiger partial charge on any atom is -0.472 e. The molecule has 2 fully saturated rings. The maximum absolute atomic E-state index is 15.5. The number of carbonyl (C=O) groups is 4. The maximum atomic E-state index is 15.5. The number of carbonyl (C=O) groups excluding carboxylic acids is 4. The summed E-state index contributed by atoms with van der Waals surface area (Å²) in [6, 6.07) is 45.3. The number of nitrogens with zero attached hydrogens (tertiary/aromatic N) is 6. The smallest absolute Gasteiger partial charge is 0.416 e. The van der Waals surface area contributed by atoms with Crippen LogP contribution in [0.5, 0.6) is 0 Å². The number of unbranched alkanes of at least 4 members (excludes halogenated alkanes) is 4. The lowest BCUT2D eigenvalue weighted by Crippen LogP contribution is -2.56. The molecule has 99 heavy (non-hydrogen) atoms. The molecule has 4 heterocycles. The molecule has 2 saturated heterocycles. The van der Waals surface area contributed by atoms with Gasteiger partial charge in [-0.15, -0.1) is 11.3 Å². The third kappa shape index (κ3) is 21.1. The molecule has 8 aromatic rings. The Balaban J connectivity index is 0.882. The molecule has 2 aromatic heterocycles. The van der Waals surface area contributed by atoms with Crippen molar-refractivity contribution in [2.75, 3.05) is 52.4 Å². The van der Waals surface area contributed by atoms with Gasteiger partial charge in [0.25, 0.3) is 0 Å². The van der Waals surface area contributed by atoms with E-state index in [1.807, 2.05) is 88.7 Å². The van der Waals surface area contributed by atoms with E-state index in [-0.39, 0.29) is 37.7 Å². The number of amides is 4. The van der Waals surface area contributed by atoms with Crippen LogP contribution < -0.4 is 0 Å². The fourth-order valence-electron chi connectivity index (χ4n) is 13.0. The van der Waals surface area contributed by atoms with Crippen molar-refractivity contribution < 1.29 is 49.9 Å². The van der Waals surface area contributed by atoms with E-state index >= 15 is 14.4 Å². The number of halogens is 6. The summed E-state index contributed by atoms with van der Waals surface area (Å²) in [5.74, 6) is -1.30. The lowest BCUT2D eigenvalue weighted by Gasteiger charge is -2.39. The number of piperazine rings is 2. The molecule has 18 heteroatoms. The average Bonchev–Trinajstić information content (AvgIpc) is 1.62. The molecule has 0 saturated carbocycles. The van der Waals surface area contributed by atoms with Gasteiger partial charge in [0.2, 0.25) is 23.6 Å². The number of furan rings is 1. The number of aryl methyl sites for hydroxylation is 2. The van der Waals surface area contributed by atoms with Gasteiger partial charge in [-0.1, -0.05) is 167 Å². The van der Waals surface area contributed by atoms with Crippen LogP contribution in [0.2, 0.25) is 0 Å². The van der Waals surface area contributed by atoms with E-state index in [9.17, 15) is 31.1 Å². The van der Waals surface area contributed by atoms with Crippen molar-refractivity contribution >= 4 is 47.1 Å². The van der Waals surface area contributed by atoms with Crippen molar-refractivity contribution in [1.29, 1.82) is 0 Å². The van der Waals surface area contributed by atoms with Crippen molar-refractivity contribution in [3.8, 4) is 0 Å². The van der Waals surface area contributed by atoms with Gasteiger partial charge in [0, 0.05) is 114 Å². The molecule has 2 atom stereocenters. The van der Waals surface area contributed by atoms with Crippen LogP contribution in [0, 0.1) is 0 Å². The normalized spacial score (nSPS) is 14.8. The van der Waals surface area contributed by atoms with Crippen molar-refractivity contribution in [2.45, 2.75) is 135 Å². The molecular weight excluding hydrogens is 1280 g/mol. The fraction of sp³-hybridized carbons (Fsp3) is 0.358. The van der Waals surface area contributed by atoms with Gasteiger partial charge in [0.05, 0.1) is 23.7 Å². The SMILES string of the molecule is CCCCCc1ccc(CN(C(=O)/C=C/c2ccc(C(F)(F)F)cc2)[C@@H](Cc2ccccc2)C(=O)N2CCN(Cc3sccc3Cc3ccccc3C[C@@H](C(=O)N3CCN(Cc4ccoc4)CC3)N(Cc3ccc(CCCCC)cc3)C(=O)/C=C/c3ccc(C(F)(F)F)cc3)CC2)cc1. The summed E-state index contributed by atoms with van der Waals surface area (Å²) in [6.07, 6.45) is 9.33. The average molecular weight is 1370 g/mol. The second kappa shape index (κ2) is 35.3. The topological polar surface area (TPSA) is 101 Å². The molecule has 2 aliphatic rings. The summed E-state index contributed by atoms with van der Waals surface area (Å²) in [5, 5.41) is 2.08. The highest BCUT2D eigenvalue weighted by Gasteiger charge is 2.38. The van der Waals surface area contributed by atoms with Gasteiger partial charge in [-0.3, -0.25) is 29.0 Å². The number of rotatable bonds is 30. The van der Waals surface area contributed by atoms with E-state index < -0.39 is 47.4 Å². The highest BCUT2D eigenvalue weighted by Crippen LogP contribution is 2.32. The predicted molar refractivity (Wildman–Crippen MR) is 379 cm³/mol. The maximum Gasteiger partial charge on any atom is 0.416 e. The van der Waals surface area contributed by atoms with E-state index in [1.54, 1.807) is 33.7 Å². The number of hydrogen-bond acceptors (Lipinski definition) is 8. The van der Waals surface area contributed by atoms with Crippen LogP contribution in [0.25, 0.3) is 12.2 Å². The Morgan fingerprint density at radius 3 is 1.39 bits per heavy atom. The summed E-state index contributed by atoms with van der Waals surface area (Å²) >= 11 is 1.65. The highest BCUT2D eigenvalue weighted by atomic mass is 32.1. The molecule has 6 aromatic carbocycles. The Morgan fingerprint density at radius 2 is 0.929 bits per heavy atom. The van der Waals surface area contributed by atoms with Crippen molar-refractivity contribution in [3.05, 3.63) is 271 Å². The summed E-state index contributed by atoms with van der Waals surface area (Å²) < 4.78 is 86.8. The van der Waals surface area contributed by atoms with E-state index in [2.05, 4.69) is 65.4 Å². The van der Waals surface area contributed by atoms with Gasteiger partial charge < -0.3 is 24.0 Å². The fourth-order valence-corrected chi connectivity index (χ4v) is 13.9. The molecule has 520 valence electrons. The van der Waals surface area contributed by atoms with Crippen LogP contribution in [0.15, 0.2) is 198 Å². The Kier molecular flexibility index (Phi) is 26.0. The Hall–Kier alpha value is -8.84. The number of hydrogen-bond donors (Lipinski definition) is 0. The first-order valence-corrected chi connectivity index (χ1v) is 35.4. The molecule has 10 rings (SSSR count). The van der Waals surface area contributed by atoms with Crippen LogP contribution in [0.3, 0.4) is 0 Å². The van der Waals surface area contributed by atoms with Crippen molar-refractivity contribution in [3.63, 3.8) is 0 Å². The molecule has 0 N–H and O–H groups in total. The monoisotopic (exact) mass is 1370 g/mol. The molecule has 4 amide bonds. The Morgan fingerprint density at radius 1 is 0.475 bits per heavy atom. The molecule has 0 spiro atoms. The second-order valence-corrected chi connectivity index (χ2v) is 27.0. The van der Waals surface area contributed by atoms with E-state index in [0.717, 1.165) is 119 Å². The zero-order valence-electron chi connectivity index (χ0n) is 56.4. The molecular formula is C81H88F6N6O5S. The lowest BCUT2D eigenvalue weighted by molar-refractivity contribution is -0.145. The van der Waals surface area contributed by atoms with E-state index in [1.165, 1.54) is 59.7 Å². The first-order chi connectivity index (χ1) is 47.9. The number of thiophene rings is 1. The quantitative estimate of drug-likeness (QED) is 0.0251. The van der Waals surface area contributed by atoms with Gasteiger partial charge in [0.15, 0.2) is 0 Å². The second-order valence-electron chi connectivity index (χ2n) is 26.0. The van der Waals surface area contributed by atoms with Gasteiger partial charge in [-0.25, -0.2) is 0 Å². The third-order valence-electron chi connectivity index (χ3n) is 18.8. The number of alkyl halides is 6. The van der Waals surface area contributed by atoms with Gasteiger partial charge in [0.1, 0.15) is 12.1 Å². The van der Waals surface area contributed by atoms with E-state index in [0.29, 0.717) is 83.0 Å². The summed E-state index contributed by atoms with van der Waals surface area (Å²) in [6.45, 7) is 9.81. The third-order valence-corrected chi connectivity index (χ3v) is 19.8. The standard InChI is InChI=1S/C81H88F6N6O5S/c1-3-5-8-14-60-20-24-65(25-21-60)56-92(76(94)38-32-62-28-34-71(35-29-62)80(82,83)84)73(52-64-16-10-7-11-17-64)78(96)90-48-44-89(45-49-90)58-75-70(41-51-99-75)53-68-18-12-13-19-69(68)54-74(79(97)91-46-42-88(43-47-91)55-67-40-50-98-59-67)93(57-66-26-22-61(23-27-66)15-9-6-4-2)77(95)39-33-63-30-36-72(37-31-63)81(85,86)87/h7,10-13,16-41,50-51,59,73-74H,3-6,8-9,14-15,42-49,52-58H2,1-2H3/b38-32+,39-33+/t73-,74-/m0/s1. The molecule has 0 aliphatic carbocycles. The molecule has 11 nitrogen and oxygen atoms in total. The Labute approximate surface area is 582 Å². The van der Waals surface area contributed by atoms with Crippen LogP contribution >= 0.6 is 11.3 Å². The zero-order valence-corrected chi connectivity index (χ0v) is 57.3. The summed E-state index contributed by atoms with van der Waals surface area (Å²) in [7, 11) is 0. The highest BCUT2D eigenvalue weighted by molar-refractivity contribution is 7.10.